The van der Waals surface area contributed by atoms with Crippen LogP contribution in [0.3, 0.4) is 0 Å². The van der Waals surface area contributed by atoms with Gasteiger partial charge in [0.15, 0.2) is 0 Å². The van der Waals surface area contributed by atoms with Gasteiger partial charge in [0.1, 0.15) is 22.2 Å². The smallest absolute Gasteiger partial charge is 0.475 e. The van der Waals surface area contributed by atoms with Crippen molar-refractivity contribution in [2.75, 3.05) is 12.3 Å². The van der Waals surface area contributed by atoms with Gasteiger partial charge in [-0.1, -0.05) is 11.2 Å². The van der Waals surface area contributed by atoms with E-state index in [9.17, 15) is 35.9 Å². The van der Waals surface area contributed by atoms with Gasteiger partial charge in [-0.15, -0.1) is 0 Å². The Balaban J connectivity index is 0.000000548. The number of carboxylic acid groups (broad SMARTS) is 2. The Kier molecular flexibility index (Phi) is 13.8. The quantitative estimate of drug-likeness (QED) is 0.232. The van der Waals surface area contributed by atoms with Crippen molar-refractivity contribution in [3.05, 3.63) is 39.8 Å². The number of carboxylic acids is 2. The molecule has 13 nitrogen and oxygen atoms in total. The molecule has 0 aromatic carbocycles. The molecule has 3 heterocycles. The number of halogens is 7. The van der Waals surface area contributed by atoms with Gasteiger partial charge in [0.2, 0.25) is 11.8 Å². The first-order valence-corrected chi connectivity index (χ1v) is 12.7. The SMILES string of the molecule is Cc1nc(N)ccc1CNC(=O)[C@H](C)NC(=O)[C@H]1C[C@H](Cc2cc(Br)no2)CN1.O=C(O)C(F)(F)F.O=C(O)C(F)(F)F. The number of alkyl halides is 6. The largest absolute Gasteiger partial charge is 0.490 e. The maximum Gasteiger partial charge on any atom is 0.490 e. The van der Waals surface area contributed by atoms with Gasteiger partial charge < -0.3 is 36.4 Å². The normalized spacial score (nSPS) is 17.0. The minimum absolute atomic E-state index is 0.181. The molecule has 0 aliphatic carbocycles. The number of aromatic nitrogens is 2. The molecule has 0 bridgehead atoms. The monoisotopic (exact) mass is 692 g/mol. The van der Waals surface area contributed by atoms with Gasteiger partial charge >= 0.3 is 24.3 Å². The summed E-state index contributed by atoms with van der Waals surface area (Å²) >= 11 is 3.26. The van der Waals surface area contributed by atoms with Crippen molar-refractivity contribution in [3.8, 4) is 0 Å². The predicted octanol–water partition coefficient (Wildman–Crippen LogP) is 2.33. The number of hydrogen-bond acceptors (Lipinski definition) is 9. The molecule has 2 aromatic heterocycles. The number of nitrogens with one attached hydrogen (secondary N) is 3. The molecule has 3 atom stereocenters. The first-order chi connectivity index (χ1) is 19.7. The molecule has 1 aliphatic heterocycles. The van der Waals surface area contributed by atoms with Crippen molar-refractivity contribution in [2.24, 2.45) is 5.92 Å². The third-order valence-electron chi connectivity index (χ3n) is 5.47. The van der Waals surface area contributed by atoms with Crippen LogP contribution >= 0.6 is 15.9 Å². The van der Waals surface area contributed by atoms with Crippen LogP contribution in [-0.4, -0.2) is 75.1 Å². The highest BCUT2D eigenvalue weighted by molar-refractivity contribution is 9.10. The van der Waals surface area contributed by atoms with Crippen LogP contribution in [0.15, 0.2) is 27.3 Å². The molecule has 3 rings (SSSR count). The van der Waals surface area contributed by atoms with Crippen LogP contribution in [0.4, 0.5) is 32.2 Å². The number of pyridine rings is 1. The number of nitrogens with zero attached hydrogens (tertiary/aromatic N) is 2. The molecular weight excluding hydrogens is 666 g/mol. The Morgan fingerprint density at radius 1 is 1.14 bits per heavy atom. The molecule has 1 aliphatic rings. The van der Waals surface area contributed by atoms with Gasteiger partial charge in [-0.3, -0.25) is 9.59 Å². The summed E-state index contributed by atoms with van der Waals surface area (Å²) in [4.78, 5) is 46.8. The van der Waals surface area contributed by atoms with Crippen LogP contribution < -0.4 is 21.7 Å². The van der Waals surface area contributed by atoms with Gasteiger partial charge in [-0.05, 0) is 60.3 Å². The Labute approximate surface area is 247 Å². The molecule has 2 amide bonds. The topological polar surface area (TPSA) is 210 Å². The summed E-state index contributed by atoms with van der Waals surface area (Å²) in [6.45, 7) is 4.54. The zero-order valence-electron chi connectivity index (χ0n) is 22.3. The molecular formula is C23H27BrF6N6O7. The van der Waals surface area contributed by atoms with Gasteiger partial charge in [0, 0.05) is 24.7 Å². The molecule has 0 radical (unpaired) electrons. The summed E-state index contributed by atoms with van der Waals surface area (Å²) in [5.41, 5.74) is 7.28. The van der Waals surface area contributed by atoms with Crippen LogP contribution in [0, 0.1) is 12.8 Å². The van der Waals surface area contributed by atoms with E-state index < -0.39 is 30.3 Å². The maximum atomic E-state index is 12.5. The fourth-order valence-electron chi connectivity index (χ4n) is 3.34. The first kappa shape index (κ1) is 37.1. The Morgan fingerprint density at radius 2 is 1.70 bits per heavy atom. The number of carbonyl (C=O) groups is 4. The number of amides is 2. The number of aryl methyl sites for hydroxylation is 1. The third-order valence-corrected chi connectivity index (χ3v) is 5.84. The summed E-state index contributed by atoms with van der Waals surface area (Å²) in [7, 11) is 0. The fourth-order valence-corrected chi connectivity index (χ4v) is 3.67. The van der Waals surface area contributed by atoms with Crippen LogP contribution in [0.1, 0.15) is 30.4 Å². The minimum Gasteiger partial charge on any atom is -0.475 e. The van der Waals surface area contributed by atoms with Crippen molar-refractivity contribution in [1.29, 1.82) is 0 Å². The second-order valence-corrected chi connectivity index (χ2v) is 9.73. The number of anilines is 1. The van der Waals surface area contributed by atoms with Crippen LogP contribution in [-0.2, 0) is 32.1 Å². The van der Waals surface area contributed by atoms with Gasteiger partial charge in [-0.25, -0.2) is 14.6 Å². The molecule has 43 heavy (non-hydrogen) atoms. The molecule has 2 aromatic rings. The van der Waals surface area contributed by atoms with E-state index in [-0.39, 0.29) is 23.8 Å². The van der Waals surface area contributed by atoms with E-state index in [0.29, 0.717) is 36.4 Å². The van der Waals surface area contributed by atoms with Crippen LogP contribution in [0.5, 0.6) is 0 Å². The summed E-state index contributed by atoms with van der Waals surface area (Å²) in [5, 5.41) is 26.9. The fraction of sp³-hybridized carbons (Fsp3) is 0.478. The van der Waals surface area contributed by atoms with E-state index >= 15 is 0 Å². The molecule has 240 valence electrons. The van der Waals surface area contributed by atoms with Gasteiger partial charge in [0.05, 0.1) is 6.04 Å². The molecule has 0 unspecified atom stereocenters. The number of aliphatic carboxylic acids is 2. The van der Waals surface area contributed by atoms with Crippen molar-refractivity contribution in [1.82, 2.24) is 26.1 Å². The van der Waals surface area contributed by atoms with Crippen LogP contribution in [0.25, 0.3) is 0 Å². The van der Waals surface area contributed by atoms with Crippen molar-refractivity contribution in [3.63, 3.8) is 0 Å². The van der Waals surface area contributed by atoms with Crippen LogP contribution in [0.2, 0.25) is 0 Å². The van der Waals surface area contributed by atoms with E-state index in [4.69, 9.17) is 30.1 Å². The van der Waals surface area contributed by atoms with Gasteiger partial charge in [-0.2, -0.15) is 26.3 Å². The standard InChI is InChI=1S/C19H25BrN6O3.2C2HF3O2/c1-10-13(3-4-17(21)24-10)9-23-18(27)11(2)25-19(28)15-6-12(8-22-15)5-14-7-16(20)26-29-14;2*3-2(4,5)1(6)7/h3-4,7,11-12,15,22H,5-6,8-9H2,1-2H3,(H2,21,24)(H,23,27)(H,25,28);2*(H,6,7)/t11-,12-,15+;;/m0../s1. The van der Waals surface area contributed by atoms with Gasteiger partial charge in [0.25, 0.3) is 0 Å². The van der Waals surface area contributed by atoms with E-state index in [0.717, 1.165) is 17.0 Å². The highest BCUT2D eigenvalue weighted by Gasteiger charge is 2.39. The van der Waals surface area contributed by atoms with E-state index in [1.54, 1.807) is 13.0 Å². The molecule has 0 saturated carbocycles. The average molecular weight is 693 g/mol. The lowest BCUT2D eigenvalue weighted by Gasteiger charge is -2.17. The number of nitrogen functional groups attached to an aromatic ring is 1. The summed E-state index contributed by atoms with van der Waals surface area (Å²) in [6, 6.07) is 4.38. The Morgan fingerprint density at radius 3 is 2.16 bits per heavy atom. The van der Waals surface area contributed by atoms with E-state index in [1.165, 1.54) is 0 Å². The maximum absolute atomic E-state index is 12.5. The highest BCUT2D eigenvalue weighted by Crippen LogP contribution is 2.21. The lowest BCUT2D eigenvalue weighted by Crippen LogP contribution is -2.50. The zero-order valence-corrected chi connectivity index (χ0v) is 23.9. The molecule has 1 saturated heterocycles. The average Bonchev–Trinajstić information content (AvgIpc) is 3.51. The second-order valence-electron chi connectivity index (χ2n) is 8.92. The molecule has 0 spiro atoms. The van der Waals surface area contributed by atoms with E-state index in [2.05, 4.69) is 42.0 Å². The second kappa shape index (κ2) is 16.1. The Bertz CT molecular complexity index is 1250. The van der Waals surface area contributed by atoms with Crippen molar-refractivity contribution >= 4 is 45.5 Å². The summed E-state index contributed by atoms with van der Waals surface area (Å²) in [6.07, 6.45) is -8.78. The minimum atomic E-state index is -5.08. The summed E-state index contributed by atoms with van der Waals surface area (Å²) in [5.74, 6) is -4.45. The van der Waals surface area contributed by atoms with E-state index in [1.807, 2.05) is 19.1 Å². The summed E-state index contributed by atoms with van der Waals surface area (Å²) < 4.78 is 69.3. The lowest BCUT2D eigenvalue weighted by molar-refractivity contribution is -0.193. The number of rotatable bonds is 7. The number of nitrogens with two attached hydrogens (primary N) is 1. The first-order valence-electron chi connectivity index (χ1n) is 12.0. The molecule has 7 N–H and O–H groups in total. The third kappa shape index (κ3) is 13.7. The zero-order chi connectivity index (χ0) is 33.1. The number of carbonyl (C=O) groups excluding carboxylic acids is 2. The molecule has 1 fully saturated rings. The Hall–Kier alpha value is -3.94. The highest BCUT2D eigenvalue weighted by atomic mass is 79.9. The number of hydrogen-bond donors (Lipinski definition) is 6. The van der Waals surface area contributed by atoms with Crippen molar-refractivity contribution in [2.45, 2.75) is 57.7 Å². The lowest BCUT2D eigenvalue weighted by atomic mass is 10.00. The van der Waals surface area contributed by atoms with Crippen molar-refractivity contribution < 1.29 is 60.3 Å². The predicted molar refractivity (Wildman–Crippen MR) is 138 cm³/mol. The molecule has 20 heteroatoms.